The molecule has 4 heteroatoms. The Hall–Kier alpha value is -1.16. The molecule has 1 aromatic heterocycles. The normalized spacial score (nSPS) is 19.1. The minimum absolute atomic E-state index is 0.521. The van der Waals surface area contributed by atoms with Crippen molar-refractivity contribution in [2.24, 2.45) is 0 Å². The van der Waals surface area contributed by atoms with Crippen molar-refractivity contribution in [3.8, 4) is 11.4 Å². The second kappa shape index (κ2) is 4.26. The van der Waals surface area contributed by atoms with Gasteiger partial charge in [-0.2, -0.15) is 0 Å². The van der Waals surface area contributed by atoms with Gasteiger partial charge in [0.2, 0.25) is 0 Å². The van der Waals surface area contributed by atoms with Crippen molar-refractivity contribution in [3.05, 3.63) is 34.6 Å². The fourth-order valence-electron chi connectivity index (χ4n) is 2.43. The molecule has 1 atom stereocenters. The van der Waals surface area contributed by atoms with Gasteiger partial charge >= 0.3 is 0 Å². The predicted octanol–water partition coefficient (Wildman–Crippen LogP) is 3.60. The van der Waals surface area contributed by atoms with E-state index in [1.54, 1.807) is 0 Å². The third-order valence-corrected chi connectivity index (χ3v) is 4.05. The van der Waals surface area contributed by atoms with E-state index in [1.165, 1.54) is 12.8 Å². The van der Waals surface area contributed by atoms with Crippen LogP contribution in [-0.2, 0) is 6.54 Å². The van der Waals surface area contributed by atoms with Crippen LogP contribution in [0.4, 0.5) is 0 Å². The van der Waals surface area contributed by atoms with Gasteiger partial charge in [0.1, 0.15) is 5.82 Å². The van der Waals surface area contributed by atoms with E-state index in [9.17, 15) is 0 Å². The molecule has 88 valence electrons. The fourth-order valence-corrected chi connectivity index (χ4v) is 2.89. The van der Waals surface area contributed by atoms with Gasteiger partial charge in [0.25, 0.3) is 0 Å². The van der Waals surface area contributed by atoms with E-state index in [-0.39, 0.29) is 0 Å². The maximum Gasteiger partial charge on any atom is 0.165 e. The van der Waals surface area contributed by atoms with Gasteiger partial charge in [-0.15, -0.1) is 10.2 Å². The summed E-state index contributed by atoms with van der Waals surface area (Å²) in [6.07, 6.45) is 2.43. The highest BCUT2D eigenvalue weighted by atomic mass is 79.9. The van der Waals surface area contributed by atoms with Crippen LogP contribution >= 0.6 is 15.9 Å². The molecule has 1 aliphatic heterocycles. The van der Waals surface area contributed by atoms with E-state index in [1.807, 2.05) is 18.2 Å². The minimum atomic E-state index is 0.521. The van der Waals surface area contributed by atoms with Crippen LogP contribution in [0.25, 0.3) is 11.4 Å². The Morgan fingerprint density at radius 3 is 2.94 bits per heavy atom. The van der Waals surface area contributed by atoms with E-state index >= 15 is 0 Å². The Kier molecular flexibility index (Phi) is 2.74. The Morgan fingerprint density at radius 1 is 1.29 bits per heavy atom. The van der Waals surface area contributed by atoms with Gasteiger partial charge in [-0.25, -0.2) is 0 Å². The minimum Gasteiger partial charge on any atom is -0.311 e. The molecule has 0 aliphatic carbocycles. The van der Waals surface area contributed by atoms with Crippen LogP contribution in [0.5, 0.6) is 0 Å². The van der Waals surface area contributed by atoms with Crippen molar-refractivity contribution >= 4 is 15.9 Å². The standard InChI is InChI=1S/C13H14BrN3/c1-9-5-4-8-17-12(9)15-16-13(17)10-6-2-3-7-11(10)14/h2-3,6-7,9H,4-5,8H2,1H3. The lowest BCUT2D eigenvalue weighted by Gasteiger charge is -2.20. The second-order valence-electron chi connectivity index (χ2n) is 4.56. The van der Waals surface area contributed by atoms with Gasteiger partial charge in [0.15, 0.2) is 5.82 Å². The van der Waals surface area contributed by atoms with Crippen LogP contribution in [0.15, 0.2) is 28.7 Å². The van der Waals surface area contributed by atoms with Gasteiger partial charge in [0.05, 0.1) is 0 Å². The summed E-state index contributed by atoms with van der Waals surface area (Å²) in [5.74, 6) is 2.63. The molecule has 0 spiro atoms. The SMILES string of the molecule is CC1CCCn2c(-c3ccccc3Br)nnc21. The van der Waals surface area contributed by atoms with Gasteiger partial charge < -0.3 is 4.57 Å². The number of hydrogen-bond acceptors (Lipinski definition) is 2. The van der Waals surface area contributed by atoms with Gasteiger partial charge in [-0.05, 0) is 18.9 Å². The van der Waals surface area contributed by atoms with E-state index in [0.717, 1.165) is 28.2 Å². The number of hydrogen-bond donors (Lipinski definition) is 0. The van der Waals surface area contributed by atoms with Crippen molar-refractivity contribution < 1.29 is 0 Å². The van der Waals surface area contributed by atoms with Crippen molar-refractivity contribution in [2.75, 3.05) is 0 Å². The Balaban J connectivity index is 2.14. The number of benzene rings is 1. The molecule has 2 aromatic rings. The zero-order valence-corrected chi connectivity index (χ0v) is 11.3. The molecule has 1 aromatic carbocycles. The highest BCUT2D eigenvalue weighted by molar-refractivity contribution is 9.10. The molecule has 0 bridgehead atoms. The molecule has 0 saturated carbocycles. The van der Waals surface area contributed by atoms with Crippen molar-refractivity contribution in [2.45, 2.75) is 32.2 Å². The number of halogens is 1. The molecular weight excluding hydrogens is 278 g/mol. The fraction of sp³-hybridized carbons (Fsp3) is 0.385. The lowest BCUT2D eigenvalue weighted by molar-refractivity contribution is 0.466. The summed E-state index contributed by atoms with van der Waals surface area (Å²) in [5, 5.41) is 8.71. The molecule has 0 amide bonds. The van der Waals surface area contributed by atoms with E-state index in [0.29, 0.717) is 5.92 Å². The van der Waals surface area contributed by atoms with Crippen LogP contribution in [0.1, 0.15) is 31.5 Å². The predicted molar refractivity (Wildman–Crippen MR) is 70.8 cm³/mol. The smallest absolute Gasteiger partial charge is 0.165 e. The summed E-state index contributed by atoms with van der Waals surface area (Å²) in [5.41, 5.74) is 1.13. The van der Waals surface area contributed by atoms with Gasteiger partial charge in [-0.1, -0.05) is 41.1 Å². The molecule has 1 unspecified atom stereocenters. The Bertz CT molecular complexity index is 547. The quantitative estimate of drug-likeness (QED) is 0.804. The summed E-state index contributed by atoms with van der Waals surface area (Å²) in [6.45, 7) is 3.26. The van der Waals surface area contributed by atoms with Crippen LogP contribution < -0.4 is 0 Å². The van der Waals surface area contributed by atoms with Crippen molar-refractivity contribution in [1.29, 1.82) is 0 Å². The molecule has 0 N–H and O–H groups in total. The molecule has 3 rings (SSSR count). The van der Waals surface area contributed by atoms with Gasteiger partial charge in [-0.3, -0.25) is 0 Å². The second-order valence-corrected chi connectivity index (χ2v) is 5.41. The molecule has 1 aliphatic rings. The van der Waals surface area contributed by atoms with Crippen molar-refractivity contribution in [1.82, 2.24) is 14.8 Å². The molecule has 3 nitrogen and oxygen atoms in total. The monoisotopic (exact) mass is 291 g/mol. The maximum absolute atomic E-state index is 4.36. The first-order valence-electron chi connectivity index (χ1n) is 5.95. The lowest BCUT2D eigenvalue weighted by Crippen LogP contribution is -2.14. The summed E-state index contributed by atoms with van der Waals surface area (Å²) in [7, 11) is 0. The van der Waals surface area contributed by atoms with Crippen molar-refractivity contribution in [3.63, 3.8) is 0 Å². The molecule has 0 radical (unpaired) electrons. The average molecular weight is 292 g/mol. The van der Waals surface area contributed by atoms with E-state index in [2.05, 4.69) is 43.7 Å². The van der Waals surface area contributed by atoms with Gasteiger partial charge in [0, 0.05) is 22.5 Å². The molecule has 0 saturated heterocycles. The Labute approximate surface area is 109 Å². The van der Waals surface area contributed by atoms with Crippen LogP contribution in [0, 0.1) is 0 Å². The zero-order valence-electron chi connectivity index (χ0n) is 9.73. The number of aromatic nitrogens is 3. The molecule has 0 fully saturated rings. The first kappa shape index (κ1) is 11.0. The topological polar surface area (TPSA) is 30.7 Å². The first-order chi connectivity index (χ1) is 8.27. The molecular formula is C13H14BrN3. The van der Waals surface area contributed by atoms with E-state index in [4.69, 9.17) is 0 Å². The molecule has 17 heavy (non-hydrogen) atoms. The van der Waals surface area contributed by atoms with Crippen LogP contribution in [0.3, 0.4) is 0 Å². The highest BCUT2D eigenvalue weighted by Gasteiger charge is 2.23. The summed E-state index contributed by atoms with van der Waals surface area (Å²) in [4.78, 5) is 0. The Morgan fingerprint density at radius 2 is 2.12 bits per heavy atom. The summed E-state index contributed by atoms with van der Waals surface area (Å²) in [6, 6.07) is 8.18. The van der Waals surface area contributed by atoms with E-state index < -0.39 is 0 Å². The summed E-state index contributed by atoms with van der Waals surface area (Å²) < 4.78 is 3.34. The largest absolute Gasteiger partial charge is 0.311 e. The van der Waals surface area contributed by atoms with Crippen LogP contribution in [-0.4, -0.2) is 14.8 Å². The molecule has 2 heterocycles. The van der Waals surface area contributed by atoms with Crippen LogP contribution in [0.2, 0.25) is 0 Å². The highest BCUT2D eigenvalue weighted by Crippen LogP contribution is 2.32. The maximum atomic E-state index is 4.36. The summed E-state index contributed by atoms with van der Waals surface area (Å²) >= 11 is 3.58. The third-order valence-electron chi connectivity index (χ3n) is 3.35. The zero-order chi connectivity index (χ0) is 11.8. The number of fused-ring (bicyclic) bond motifs is 1. The first-order valence-corrected chi connectivity index (χ1v) is 6.74. The third kappa shape index (κ3) is 1.80. The number of rotatable bonds is 1. The average Bonchev–Trinajstić information content (AvgIpc) is 2.75. The number of nitrogens with zero attached hydrogens (tertiary/aromatic N) is 3. The lowest BCUT2D eigenvalue weighted by atomic mass is 10.0.